The van der Waals surface area contributed by atoms with Gasteiger partial charge in [0.1, 0.15) is 0 Å². The molecule has 120 valence electrons. The zero-order valence-corrected chi connectivity index (χ0v) is 15.2. The summed E-state index contributed by atoms with van der Waals surface area (Å²) in [6.45, 7) is 2.10. The number of nitrogens with one attached hydrogen (secondary N) is 1. The van der Waals surface area contributed by atoms with E-state index in [0.29, 0.717) is 0 Å². The van der Waals surface area contributed by atoms with Crippen molar-refractivity contribution in [1.29, 1.82) is 0 Å². The van der Waals surface area contributed by atoms with Gasteiger partial charge in [-0.1, -0.05) is 0 Å². The van der Waals surface area contributed by atoms with Crippen LogP contribution in [-0.4, -0.2) is 20.9 Å². The Labute approximate surface area is 149 Å². The standard InChI is InChI=1S/C21H19NOSe/c1-16-11-13-17(14-12-16)15-24-20-10-6-5-9-19(20)21(23)22-18-7-3-2-4-8-18/h2-14H,15H2,1H3,(H,22,23). The number of benzene rings is 3. The Bertz CT molecular complexity index is 813. The van der Waals surface area contributed by atoms with Crippen LogP contribution in [0, 0.1) is 6.92 Å². The molecule has 0 bridgehead atoms. The average molecular weight is 380 g/mol. The molecule has 24 heavy (non-hydrogen) atoms. The first-order valence-electron chi connectivity index (χ1n) is 7.86. The van der Waals surface area contributed by atoms with E-state index in [4.69, 9.17) is 0 Å². The van der Waals surface area contributed by atoms with Gasteiger partial charge < -0.3 is 0 Å². The molecule has 1 N–H and O–H groups in total. The first-order chi connectivity index (χ1) is 11.7. The second-order valence-corrected chi connectivity index (χ2v) is 7.72. The van der Waals surface area contributed by atoms with Crippen molar-refractivity contribution < 1.29 is 4.79 Å². The van der Waals surface area contributed by atoms with Gasteiger partial charge in [-0.25, -0.2) is 0 Å². The van der Waals surface area contributed by atoms with Crippen LogP contribution in [0.25, 0.3) is 0 Å². The summed E-state index contributed by atoms with van der Waals surface area (Å²) in [6, 6.07) is 26.1. The summed E-state index contributed by atoms with van der Waals surface area (Å²) >= 11 is 0.222. The summed E-state index contributed by atoms with van der Waals surface area (Å²) in [5.74, 6) is -0.0393. The third kappa shape index (κ3) is 4.35. The van der Waals surface area contributed by atoms with Gasteiger partial charge in [-0.3, -0.25) is 0 Å². The van der Waals surface area contributed by atoms with E-state index < -0.39 is 0 Å². The molecule has 0 heterocycles. The van der Waals surface area contributed by atoms with E-state index in [9.17, 15) is 4.79 Å². The summed E-state index contributed by atoms with van der Waals surface area (Å²) < 4.78 is 1.14. The molecule has 3 heteroatoms. The van der Waals surface area contributed by atoms with E-state index in [0.717, 1.165) is 21.0 Å². The zero-order chi connectivity index (χ0) is 16.8. The minimum absolute atomic E-state index is 0.0393. The van der Waals surface area contributed by atoms with Crippen molar-refractivity contribution in [2.24, 2.45) is 0 Å². The maximum absolute atomic E-state index is 12.6. The topological polar surface area (TPSA) is 29.1 Å². The van der Waals surface area contributed by atoms with Crippen molar-refractivity contribution in [3.05, 3.63) is 95.6 Å². The second-order valence-electron chi connectivity index (χ2n) is 5.59. The quantitative estimate of drug-likeness (QED) is 0.671. The fraction of sp³-hybridized carbons (Fsp3) is 0.0952. The average Bonchev–Trinajstić information content (AvgIpc) is 2.62. The molecule has 0 saturated heterocycles. The molecule has 3 aromatic carbocycles. The Kier molecular flexibility index (Phi) is 5.47. The van der Waals surface area contributed by atoms with Crippen molar-refractivity contribution in [1.82, 2.24) is 0 Å². The normalized spacial score (nSPS) is 10.4. The molecule has 0 radical (unpaired) electrons. The van der Waals surface area contributed by atoms with E-state index in [1.807, 2.05) is 48.5 Å². The molecule has 0 spiro atoms. The van der Waals surface area contributed by atoms with Gasteiger partial charge in [0.25, 0.3) is 0 Å². The number of carbonyl (C=O) groups excluding carboxylic acids is 1. The number of amides is 1. The molecule has 3 rings (SSSR count). The van der Waals surface area contributed by atoms with Crippen LogP contribution in [0.15, 0.2) is 78.9 Å². The Hall–Kier alpha value is -2.35. The van der Waals surface area contributed by atoms with Crippen LogP contribution in [0.2, 0.25) is 0 Å². The van der Waals surface area contributed by atoms with Crippen molar-refractivity contribution in [2.75, 3.05) is 5.32 Å². The number of anilines is 1. The van der Waals surface area contributed by atoms with E-state index in [2.05, 4.69) is 42.6 Å². The van der Waals surface area contributed by atoms with Crippen LogP contribution in [0.5, 0.6) is 0 Å². The third-order valence-corrected chi connectivity index (χ3v) is 6.08. The number of aryl methyl sites for hydroxylation is 1. The molecule has 0 aliphatic heterocycles. The Morgan fingerprint density at radius 3 is 2.29 bits per heavy atom. The van der Waals surface area contributed by atoms with Crippen molar-refractivity contribution in [2.45, 2.75) is 12.2 Å². The fourth-order valence-electron chi connectivity index (χ4n) is 2.35. The number of hydrogen-bond acceptors (Lipinski definition) is 1. The first kappa shape index (κ1) is 16.5. The van der Waals surface area contributed by atoms with Gasteiger partial charge >= 0.3 is 149 Å². The number of para-hydroxylation sites is 1. The van der Waals surface area contributed by atoms with Gasteiger partial charge in [0.15, 0.2) is 0 Å². The van der Waals surface area contributed by atoms with E-state index in [1.54, 1.807) is 0 Å². The van der Waals surface area contributed by atoms with Crippen molar-refractivity contribution in [3.8, 4) is 0 Å². The molecule has 0 unspecified atom stereocenters. The first-order valence-corrected chi connectivity index (χ1v) is 9.93. The SMILES string of the molecule is Cc1ccc(C[Se]c2ccccc2C(=O)Nc2ccccc2)cc1. The molecule has 0 saturated carbocycles. The number of carbonyl (C=O) groups is 1. The van der Waals surface area contributed by atoms with Gasteiger partial charge in [-0.15, -0.1) is 0 Å². The Balaban J connectivity index is 1.72. The monoisotopic (exact) mass is 381 g/mol. The van der Waals surface area contributed by atoms with Gasteiger partial charge in [0, 0.05) is 0 Å². The van der Waals surface area contributed by atoms with Crippen LogP contribution < -0.4 is 9.78 Å². The van der Waals surface area contributed by atoms with Gasteiger partial charge in [-0.2, -0.15) is 0 Å². The second kappa shape index (κ2) is 7.96. The maximum atomic E-state index is 12.6. The number of rotatable bonds is 5. The van der Waals surface area contributed by atoms with Gasteiger partial charge in [0.2, 0.25) is 0 Å². The van der Waals surface area contributed by atoms with Crippen LogP contribution in [0.3, 0.4) is 0 Å². The minimum atomic E-state index is -0.0393. The molecular formula is C21H19NOSe. The summed E-state index contributed by atoms with van der Waals surface area (Å²) in [5.41, 5.74) is 4.18. The molecule has 1 amide bonds. The van der Waals surface area contributed by atoms with Crippen LogP contribution >= 0.6 is 0 Å². The van der Waals surface area contributed by atoms with Crippen molar-refractivity contribution >= 4 is 31.0 Å². The summed E-state index contributed by atoms with van der Waals surface area (Å²) in [6.07, 6.45) is 0. The van der Waals surface area contributed by atoms with Crippen LogP contribution in [-0.2, 0) is 5.32 Å². The van der Waals surface area contributed by atoms with Crippen LogP contribution in [0.1, 0.15) is 21.5 Å². The summed E-state index contributed by atoms with van der Waals surface area (Å²) in [4.78, 5) is 12.6. The summed E-state index contributed by atoms with van der Waals surface area (Å²) in [5, 5.41) is 3.96. The van der Waals surface area contributed by atoms with Crippen molar-refractivity contribution in [3.63, 3.8) is 0 Å². The molecule has 0 fully saturated rings. The molecular weight excluding hydrogens is 361 g/mol. The Morgan fingerprint density at radius 1 is 0.875 bits per heavy atom. The van der Waals surface area contributed by atoms with Gasteiger partial charge in [0.05, 0.1) is 0 Å². The fourth-order valence-corrected chi connectivity index (χ4v) is 4.46. The molecule has 0 aliphatic rings. The van der Waals surface area contributed by atoms with E-state index in [1.165, 1.54) is 11.1 Å². The third-order valence-electron chi connectivity index (χ3n) is 3.68. The molecule has 0 atom stereocenters. The molecule has 0 aliphatic carbocycles. The molecule has 3 aromatic rings. The van der Waals surface area contributed by atoms with E-state index in [-0.39, 0.29) is 20.9 Å². The zero-order valence-electron chi connectivity index (χ0n) is 13.5. The predicted molar refractivity (Wildman–Crippen MR) is 101 cm³/mol. The van der Waals surface area contributed by atoms with Crippen LogP contribution in [0.4, 0.5) is 5.69 Å². The summed E-state index contributed by atoms with van der Waals surface area (Å²) in [7, 11) is 0. The number of hydrogen-bond donors (Lipinski definition) is 1. The van der Waals surface area contributed by atoms with Gasteiger partial charge in [-0.05, 0) is 0 Å². The van der Waals surface area contributed by atoms with E-state index >= 15 is 0 Å². The molecule has 0 aromatic heterocycles. The predicted octanol–water partition coefficient (Wildman–Crippen LogP) is 3.78. The Morgan fingerprint density at radius 2 is 1.54 bits per heavy atom. The molecule has 2 nitrogen and oxygen atoms in total.